The predicted octanol–water partition coefficient (Wildman–Crippen LogP) is 6.30. The van der Waals surface area contributed by atoms with E-state index >= 15 is 0 Å². The Kier molecular flexibility index (Phi) is 10.9. The molecule has 256 valence electrons. The Balaban J connectivity index is 0.000000157. The molecule has 0 bridgehead atoms. The summed E-state index contributed by atoms with van der Waals surface area (Å²) in [7, 11) is 2.18. The summed E-state index contributed by atoms with van der Waals surface area (Å²) in [5.74, 6) is 2.20. The summed E-state index contributed by atoms with van der Waals surface area (Å²) in [4.78, 5) is 23.5. The number of amidine groups is 2. The number of benzene rings is 3. The number of aliphatic hydroxyl groups is 1. The molecule has 1 aromatic heterocycles. The topological polar surface area (TPSA) is 79.2 Å². The molecule has 4 aliphatic heterocycles. The Hall–Kier alpha value is -3.71. The lowest BCUT2D eigenvalue weighted by molar-refractivity contribution is 0.0652. The van der Waals surface area contributed by atoms with Crippen molar-refractivity contribution in [3.63, 3.8) is 0 Å². The smallest absolute Gasteiger partial charge is 0.139 e. The Morgan fingerprint density at radius 1 is 0.735 bits per heavy atom. The number of nitrogens with zero attached hydrogens (tertiary/aromatic N) is 6. The average Bonchev–Trinajstić information content (AvgIpc) is 3.31. The lowest BCUT2D eigenvalue weighted by Crippen LogP contribution is -2.49. The quantitative estimate of drug-likeness (QED) is 0.236. The number of hydrogen-bond acceptors (Lipinski definition) is 11. The molecule has 9 nitrogen and oxygen atoms in total. The molecule has 2 fully saturated rings. The number of anilines is 2. The number of aliphatic hydroxyl groups excluding tert-OH is 1. The number of likely N-dealkylation sites (N-methyl/N-ethyl adjacent to an activating group) is 1. The van der Waals surface area contributed by atoms with Crippen LogP contribution in [0.2, 0.25) is 0 Å². The van der Waals surface area contributed by atoms with Gasteiger partial charge >= 0.3 is 0 Å². The lowest BCUT2D eigenvalue weighted by Gasteiger charge is -2.36. The molecule has 2 saturated heterocycles. The molecule has 0 amide bonds. The van der Waals surface area contributed by atoms with E-state index in [1.165, 1.54) is 30.8 Å². The van der Waals surface area contributed by atoms with Gasteiger partial charge in [0.05, 0.1) is 42.4 Å². The van der Waals surface area contributed by atoms with E-state index in [9.17, 15) is 0 Å². The number of thiophene rings is 1. The van der Waals surface area contributed by atoms with Crippen molar-refractivity contribution >= 4 is 56.8 Å². The van der Waals surface area contributed by atoms with E-state index in [0.29, 0.717) is 13.2 Å². The van der Waals surface area contributed by atoms with Crippen LogP contribution in [-0.2, 0) is 4.74 Å². The Morgan fingerprint density at radius 2 is 1.37 bits per heavy atom. The van der Waals surface area contributed by atoms with Crippen LogP contribution in [0, 0.1) is 6.92 Å². The molecule has 4 aliphatic rings. The van der Waals surface area contributed by atoms with Crippen molar-refractivity contribution in [2.24, 2.45) is 9.98 Å². The largest absolute Gasteiger partial charge is 0.394 e. The maximum atomic E-state index is 8.79. The first-order valence-electron chi connectivity index (χ1n) is 17.2. The predicted molar refractivity (Wildman–Crippen MR) is 203 cm³/mol. The van der Waals surface area contributed by atoms with E-state index < -0.39 is 0 Å². The molecule has 3 aromatic carbocycles. The average molecular weight is 696 g/mol. The summed E-state index contributed by atoms with van der Waals surface area (Å²) >= 11 is 3.61. The fraction of sp³-hybridized carbons (Fsp3) is 0.368. The minimum Gasteiger partial charge on any atom is -0.394 e. The number of ether oxygens (including phenoxy) is 1. The number of fused-ring (bicyclic) bond motifs is 4. The normalized spacial score (nSPS) is 17.5. The van der Waals surface area contributed by atoms with Gasteiger partial charge in [-0.05, 0) is 50.4 Å². The summed E-state index contributed by atoms with van der Waals surface area (Å²) in [6.45, 7) is 12.4. The van der Waals surface area contributed by atoms with E-state index in [4.69, 9.17) is 19.8 Å². The van der Waals surface area contributed by atoms with E-state index in [2.05, 4.69) is 118 Å². The number of aliphatic imine (C=N–C) groups is 2. The van der Waals surface area contributed by atoms with Crippen molar-refractivity contribution in [3.05, 3.63) is 94.9 Å². The second kappa shape index (κ2) is 15.9. The van der Waals surface area contributed by atoms with Crippen LogP contribution in [0.1, 0.15) is 16.0 Å². The van der Waals surface area contributed by atoms with Gasteiger partial charge in [-0.1, -0.05) is 54.2 Å². The molecule has 0 spiro atoms. The second-order valence-corrected chi connectivity index (χ2v) is 15.0. The number of rotatable bonds is 5. The van der Waals surface area contributed by atoms with E-state index in [1.54, 1.807) is 23.1 Å². The highest BCUT2D eigenvalue weighted by atomic mass is 32.2. The molecule has 8 rings (SSSR count). The molecule has 5 heterocycles. The molecule has 49 heavy (non-hydrogen) atoms. The van der Waals surface area contributed by atoms with Crippen LogP contribution >= 0.6 is 23.1 Å². The van der Waals surface area contributed by atoms with Crippen LogP contribution < -0.4 is 5.32 Å². The minimum absolute atomic E-state index is 0.0898. The molecule has 0 atom stereocenters. The highest BCUT2D eigenvalue weighted by Gasteiger charge is 2.26. The molecule has 0 saturated carbocycles. The molecule has 0 radical (unpaired) electrons. The van der Waals surface area contributed by atoms with Crippen molar-refractivity contribution in [2.45, 2.75) is 16.7 Å². The van der Waals surface area contributed by atoms with Crippen molar-refractivity contribution in [1.82, 2.24) is 19.6 Å². The number of para-hydroxylation sites is 3. The highest BCUT2D eigenvalue weighted by Crippen LogP contribution is 2.41. The lowest BCUT2D eigenvalue weighted by atomic mass is 10.1. The molecule has 0 unspecified atom stereocenters. The number of nitrogens with one attached hydrogen (secondary N) is 1. The Morgan fingerprint density at radius 3 is 2.14 bits per heavy atom. The number of piperazine rings is 2. The van der Waals surface area contributed by atoms with E-state index in [1.807, 2.05) is 0 Å². The van der Waals surface area contributed by atoms with E-state index in [-0.39, 0.29) is 6.61 Å². The van der Waals surface area contributed by atoms with Gasteiger partial charge in [0.15, 0.2) is 0 Å². The summed E-state index contributed by atoms with van der Waals surface area (Å²) in [5, 5.41) is 13.6. The molecule has 4 aromatic rings. The van der Waals surface area contributed by atoms with Gasteiger partial charge in [-0.15, -0.1) is 11.3 Å². The van der Waals surface area contributed by atoms with Gasteiger partial charge in [0.1, 0.15) is 16.7 Å². The third-order valence-corrected chi connectivity index (χ3v) is 11.3. The summed E-state index contributed by atoms with van der Waals surface area (Å²) in [6.07, 6.45) is 0. The maximum absolute atomic E-state index is 8.79. The first kappa shape index (κ1) is 33.8. The van der Waals surface area contributed by atoms with Gasteiger partial charge in [0, 0.05) is 79.1 Å². The Labute approximate surface area is 297 Å². The number of aryl methyl sites for hydroxylation is 1. The van der Waals surface area contributed by atoms with Crippen LogP contribution in [0.3, 0.4) is 0 Å². The van der Waals surface area contributed by atoms with Gasteiger partial charge in [0.25, 0.3) is 0 Å². The summed E-state index contributed by atoms with van der Waals surface area (Å²) in [6, 6.07) is 27.5. The van der Waals surface area contributed by atoms with Gasteiger partial charge in [-0.2, -0.15) is 0 Å². The standard InChI is InChI=1S/C21H25N3O2S.C17H20N4S/c25-14-16-26-15-13-23-9-11-24(12-10-23)21-17-5-1-3-7-19(17)27-20-8-4-2-6-18(20)22-21;1-12-11-13-16(21-9-7-20(2)8-10-21)18-14-5-3-4-6-15(14)19-17(13)22-12/h1-8,25H,9-16H2;3-6,11,19H,7-10H2,1-2H3. The maximum Gasteiger partial charge on any atom is 0.139 e. The summed E-state index contributed by atoms with van der Waals surface area (Å²) in [5.41, 5.74) is 5.63. The zero-order valence-electron chi connectivity index (χ0n) is 28.3. The van der Waals surface area contributed by atoms with Gasteiger partial charge in [-0.25, -0.2) is 9.98 Å². The molecular formula is C38H45N7O2S2. The Bertz CT molecular complexity index is 1790. The first-order chi connectivity index (χ1) is 24.1. The zero-order chi connectivity index (χ0) is 33.6. The van der Waals surface area contributed by atoms with E-state index in [0.717, 1.165) is 87.6 Å². The van der Waals surface area contributed by atoms with Crippen LogP contribution in [0.4, 0.5) is 22.1 Å². The monoisotopic (exact) mass is 695 g/mol. The first-order valence-corrected chi connectivity index (χ1v) is 18.8. The van der Waals surface area contributed by atoms with Gasteiger partial charge < -0.3 is 29.9 Å². The third-order valence-electron chi connectivity index (χ3n) is 9.18. The molecule has 11 heteroatoms. The fourth-order valence-electron chi connectivity index (χ4n) is 6.46. The van der Waals surface area contributed by atoms with Crippen molar-refractivity contribution in [3.8, 4) is 0 Å². The molecule has 2 N–H and O–H groups in total. The van der Waals surface area contributed by atoms with Gasteiger partial charge in [-0.3, -0.25) is 4.90 Å². The van der Waals surface area contributed by atoms with Crippen LogP contribution in [0.5, 0.6) is 0 Å². The third kappa shape index (κ3) is 8.03. The second-order valence-electron chi connectivity index (χ2n) is 12.6. The fourth-order valence-corrected chi connectivity index (χ4v) is 8.40. The molecule has 0 aliphatic carbocycles. The van der Waals surface area contributed by atoms with Crippen LogP contribution in [0.15, 0.2) is 98.6 Å². The molecular weight excluding hydrogens is 651 g/mol. The van der Waals surface area contributed by atoms with Crippen molar-refractivity contribution < 1.29 is 9.84 Å². The van der Waals surface area contributed by atoms with Crippen LogP contribution in [-0.4, -0.2) is 122 Å². The summed E-state index contributed by atoms with van der Waals surface area (Å²) < 4.78 is 5.40. The van der Waals surface area contributed by atoms with Crippen LogP contribution in [0.25, 0.3) is 0 Å². The zero-order valence-corrected chi connectivity index (χ0v) is 30.0. The SMILES string of the molecule is Cc1cc2c(s1)Nc1ccccc1N=C2N1CCN(C)CC1.OCCOCCN1CCN(C2=Nc3ccccc3Sc3ccccc32)CC1. The minimum atomic E-state index is 0.0898. The van der Waals surface area contributed by atoms with Crippen molar-refractivity contribution in [1.29, 1.82) is 0 Å². The van der Waals surface area contributed by atoms with Crippen molar-refractivity contribution in [2.75, 3.05) is 91.1 Å². The highest BCUT2D eigenvalue weighted by molar-refractivity contribution is 7.99. The number of hydrogen-bond donors (Lipinski definition) is 2. The van der Waals surface area contributed by atoms with Gasteiger partial charge in [0.2, 0.25) is 0 Å².